The number of amides is 1. The van der Waals surface area contributed by atoms with Gasteiger partial charge in [-0.05, 0) is 24.6 Å². The molecule has 1 aliphatic heterocycles. The van der Waals surface area contributed by atoms with E-state index in [2.05, 4.69) is 10.2 Å². The minimum absolute atomic E-state index is 0.152. The van der Waals surface area contributed by atoms with Crippen LogP contribution in [0.15, 0.2) is 29.3 Å². The van der Waals surface area contributed by atoms with Gasteiger partial charge in [-0.2, -0.15) is 0 Å². The van der Waals surface area contributed by atoms with Crippen LogP contribution in [0.1, 0.15) is 19.4 Å². The van der Waals surface area contributed by atoms with Crippen molar-refractivity contribution in [1.82, 2.24) is 20.0 Å². The van der Waals surface area contributed by atoms with Crippen LogP contribution in [0.25, 0.3) is 0 Å². The van der Waals surface area contributed by atoms with Gasteiger partial charge in [0, 0.05) is 59.8 Å². The number of aliphatic imine (C=N–C) groups is 1. The number of guanidine groups is 1. The van der Waals surface area contributed by atoms with Crippen LogP contribution in [-0.4, -0.2) is 79.4 Å². The molecule has 6 nitrogen and oxygen atoms in total. The number of rotatable bonds is 6. The highest BCUT2D eigenvalue weighted by atomic mass is 19.1. The van der Waals surface area contributed by atoms with Gasteiger partial charge in [-0.15, -0.1) is 0 Å². The molecular formula is C19H30FN5O. The van der Waals surface area contributed by atoms with Gasteiger partial charge in [0.25, 0.3) is 0 Å². The maximum atomic E-state index is 13.0. The number of halogens is 1. The largest absolute Gasteiger partial charge is 0.357 e. The first-order chi connectivity index (χ1) is 12.5. The Morgan fingerprint density at radius 3 is 2.46 bits per heavy atom. The number of nitrogens with one attached hydrogen (secondary N) is 1. The molecule has 0 aromatic heterocycles. The van der Waals surface area contributed by atoms with Crippen LogP contribution in [-0.2, 0) is 11.3 Å². The van der Waals surface area contributed by atoms with E-state index in [1.807, 2.05) is 23.8 Å². The van der Waals surface area contributed by atoms with Gasteiger partial charge in [0.2, 0.25) is 5.91 Å². The van der Waals surface area contributed by atoms with Crippen molar-refractivity contribution in [3.05, 3.63) is 35.6 Å². The third-order valence-corrected chi connectivity index (χ3v) is 4.52. The standard InChI is InChI=1S/C19H30FN5O/c1-4-21-19(23(3)15-17-5-7-18(20)8-6-17)22-9-10-24-11-13-25(14-12-24)16(2)26/h5-8H,4,9-15H2,1-3H3,(H,21,22). The molecule has 0 atom stereocenters. The van der Waals surface area contributed by atoms with Gasteiger partial charge in [0.05, 0.1) is 6.54 Å². The zero-order valence-corrected chi connectivity index (χ0v) is 16.0. The Morgan fingerprint density at radius 2 is 1.88 bits per heavy atom. The summed E-state index contributed by atoms with van der Waals surface area (Å²) in [5, 5.41) is 3.30. The Bertz CT molecular complexity index is 596. The van der Waals surface area contributed by atoms with Crippen molar-refractivity contribution >= 4 is 11.9 Å². The number of nitrogens with zero attached hydrogens (tertiary/aromatic N) is 4. The topological polar surface area (TPSA) is 51.2 Å². The summed E-state index contributed by atoms with van der Waals surface area (Å²) in [6.45, 7) is 10.1. The first kappa shape index (κ1) is 20.2. The monoisotopic (exact) mass is 363 g/mol. The van der Waals surface area contributed by atoms with Crippen LogP contribution in [0.3, 0.4) is 0 Å². The Balaban J connectivity index is 1.83. The maximum absolute atomic E-state index is 13.0. The molecule has 7 heteroatoms. The Kier molecular flexibility index (Phi) is 7.84. The molecule has 0 bridgehead atoms. The van der Waals surface area contributed by atoms with Crippen molar-refractivity contribution in [2.24, 2.45) is 4.99 Å². The summed E-state index contributed by atoms with van der Waals surface area (Å²) in [5.74, 6) is 0.778. The van der Waals surface area contributed by atoms with Crippen LogP contribution < -0.4 is 5.32 Å². The molecular weight excluding hydrogens is 333 g/mol. The second-order valence-electron chi connectivity index (χ2n) is 6.57. The first-order valence-corrected chi connectivity index (χ1v) is 9.21. The van der Waals surface area contributed by atoms with Crippen molar-refractivity contribution in [2.75, 3.05) is 52.9 Å². The fourth-order valence-electron chi connectivity index (χ4n) is 2.99. The molecule has 0 aliphatic carbocycles. The maximum Gasteiger partial charge on any atom is 0.219 e. The average Bonchev–Trinajstić information content (AvgIpc) is 2.63. The fraction of sp³-hybridized carbons (Fsp3) is 0.579. The van der Waals surface area contributed by atoms with E-state index in [9.17, 15) is 9.18 Å². The van der Waals surface area contributed by atoms with Crippen molar-refractivity contribution in [2.45, 2.75) is 20.4 Å². The van der Waals surface area contributed by atoms with Gasteiger partial charge < -0.3 is 15.1 Å². The van der Waals surface area contributed by atoms with Crippen molar-refractivity contribution in [3.8, 4) is 0 Å². The lowest BCUT2D eigenvalue weighted by Gasteiger charge is -2.33. The molecule has 0 spiro atoms. The van der Waals surface area contributed by atoms with Gasteiger partial charge in [0.15, 0.2) is 5.96 Å². The van der Waals surface area contributed by atoms with Crippen LogP contribution in [0.5, 0.6) is 0 Å². The van der Waals surface area contributed by atoms with Crippen LogP contribution in [0, 0.1) is 5.82 Å². The van der Waals surface area contributed by atoms with Gasteiger partial charge >= 0.3 is 0 Å². The van der Waals surface area contributed by atoms with Gasteiger partial charge in [0.1, 0.15) is 5.82 Å². The molecule has 144 valence electrons. The van der Waals surface area contributed by atoms with Gasteiger partial charge in [-0.1, -0.05) is 12.1 Å². The number of piperazine rings is 1. The lowest BCUT2D eigenvalue weighted by atomic mass is 10.2. The SMILES string of the molecule is CCNC(=NCCN1CCN(C(C)=O)CC1)N(C)Cc1ccc(F)cc1. The molecule has 0 saturated carbocycles. The molecule has 1 N–H and O–H groups in total. The fourth-order valence-corrected chi connectivity index (χ4v) is 2.99. The van der Waals surface area contributed by atoms with E-state index in [1.165, 1.54) is 12.1 Å². The van der Waals surface area contributed by atoms with E-state index < -0.39 is 0 Å². The summed E-state index contributed by atoms with van der Waals surface area (Å²) < 4.78 is 13.0. The second-order valence-corrected chi connectivity index (χ2v) is 6.57. The van der Waals surface area contributed by atoms with Crippen LogP contribution >= 0.6 is 0 Å². The van der Waals surface area contributed by atoms with Gasteiger partial charge in [-0.3, -0.25) is 14.7 Å². The van der Waals surface area contributed by atoms with Crippen molar-refractivity contribution < 1.29 is 9.18 Å². The summed E-state index contributed by atoms with van der Waals surface area (Å²) >= 11 is 0. The average molecular weight is 363 g/mol. The highest BCUT2D eigenvalue weighted by Crippen LogP contribution is 2.06. The molecule has 1 aromatic carbocycles. The van der Waals surface area contributed by atoms with E-state index in [4.69, 9.17) is 4.99 Å². The normalized spacial score (nSPS) is 15.8. The van der Waals surface area contributed by atoms with Crippen LogP contribution in [0.2, 0.25) is 0 Å². The quantitative estimate of drug-likeness (QED) is 0.613. The third-order valence-electron chi connectivity index (χ3n) is 4.52. The number of hydrogen-bond donors (Lipinski definition) is 1. The second kappa shape index (κ2) is 10.1. The summed E-state index contributed by atoms with van der Waals surface area (Å²) in [6.07, 6.45) is 0. The Hall–Kier alpha value is -2.15. The molecule has 26 heavy (non-hydrogen) atoms. The summed E-state index contributed by atoms with van der Waals surface area (Å²) in [4.78, 5) is 22.4. The van der Waals surface area contributed by atoms with E-state index in [-0.39, 0.29) is 11.7 Å². The van der Waals surface area contributed by atoms with Crippen molar-refractivity contribution in [1.29, 1.82) is 0 Å². The molecule has 2 rings (SSSR count). The molecule has 1 heterocycles. The predicted molar refractivity (Wildman–Crippen MR) is 103 cm³/mol. The lowest BCUT2D eigenvalue weighted by molar-refractivity contribution is -0.130. The molecule has 0 unspecified atom stereocenters. The molecule has 1 amide bonds. The number of benzene rings is 1. The molecule has 1 aromatic rings. The minimum atomic E-state index is -0.221. The zero-order valence-electron chi connectivity index (χ0n) is 16.0. The summed E-state index contributed by atoms with van der Waals surface area (Å²) in [6, 6.07) is 6.55. The molecule has 1 fully saturated rings. The molecule has 0 radical (unpaired) electrons. The van der Waals surface area contributed by atoms with E-state index in [0.717, 1.165) is 50.8 Å². The number of carbonyl (C=O) groups is 1. The first-order valence-electron chi connectivity index (χ1n) is 9.21. The van der Waals surface area contributed by atoms with Gasteiger partial charge in [-0.25, -0.2) is 4.39 Å². The Morgan fingerprint density at radius 1 is 1.23 bits per heavy atom. The third kappa shape index (κ3) is 6.29. The highest BCUT2D eigenvalue weighted by Gasteiger charge is 2.18. The highest BCUT2D eigenvalue weighted by molar-refractivity contribution is 5.79. The van der Waals surface area contributed by atoms with E-state index in [0.29, 0.717) is 13.1 Å². The summed E-state index contributed by atoms with van der Waals surface area (Å²) in [7, 11) is 1.98. The predicted octanol–water partition coefficient (Wildman–Crippen LogP) is 1.39. The van der Waals surface area contributed by atoms with Crippen molar-refractivity contribution in [3.63, 3.8) is 0 Å². The van der Waals surface area contributed by atoms with Crippen LogP contribution in [0.4, 0.5) is 4.39 Å². The molecule has 1 aliphatic rings. The summed E-state index contributed by atoms with van der Waals surface area (Å²) in [5.41, 5.74) is 1.04. The molecule has 1 saturated heterocycles. The van der Waals surface area contributed by atoms with E-state index >= 15 is 0 Å². The van der Waals surface area contributed by atoms with E-state index in [1.54, 1.807) is 19.1 Å². The smallest absolute Gasteiger partial charge is 0.219 e. The minimum Gasteiger partial charge on any atom is -0.357 e. The zero-order chi connectivity index (χ0) is 18.9. The number of carbonyl (C=O) groups excluding carboxylic acids is 1. The Labute approximate surface area is 155 Å². The number of hydrogen-bond acceptors (Lipinski definition) is 3. The lowest BCUT2D eigenvalue weighted by Crippen LogP contribution is -2.48.